The van der Waals surface area contributed by atoms with Crippen molar-refractivity contribution < 1.29 is 28.9 Å². The average molecular weight is 489 g/mol. The van der Waals surface area contributed by atoms with Gasteiger partial charge in [0.25, 0.3) is 0 Å². The van der Waals surface area contributed by atoms with Crippen LogP contribution in [-0.2, 0) is 31.9 Å². The molecule has 3 rings (SSSR count). The van der Waals surface area contributed by atoms with E-state index in [4.69, 9.17) is 14.2 Å². The van der Waals surface area contributed by atoms with E-state index < -0.39 is 5.97 Å². The highest BCUT2D eigenvalue weighted by Gasteiger charge is 2.45. The van der Waals surface area contributed by atoms with Crippen LogP contribution in [0.3, 0.4) is 0 Å². The Hall–Kier alpha value is -2.08. The molecule has 0 aromatic heterocycles. The molecule has 1 aromatic carbocycles. The van der Waals surface area contributed by atoms with E-state index >= 15 is 0 Å². The van der Waals surface area contributed by atoms with Crippen LogP contribution >= 0.6 is 0 Å². The van der Waals surface area contributed by atoms with Crippen molar-refractivity contribution in [2.45, 2.75) is 97.2 Å². The minimum atomic E-state index is -0.393. The summed E-state index contributed by atoms with van der Waals surface area (Å²) in [7, 11) is 1.36. The van der Waals surface area contributed by atoms with E-state index in [0.29, 0.717) is 11.8 Å². The molecule has 1 saturated carbocycles. The highest BCUT2D eigenvalue weighted by Crippen LogP contribution is 2.48. The second-order valence-electron chi connectivity index (χ2n) is 10.5. The summed E-state index contributed by atoms with van der Waals surface area (Å²) in [5, 5.41) is 11.0. The minimum Gasteiger partial charge on any atom is -0.482 e. The molecule has 6 unspecified atom stereocenters. The highest BCUT2D eigenvalue weighted by molar-refractivity contribution is 5.72. The molecule has 2 aliphatic rings. The second kappa shape index (κ2) is 13.3. The maximum atomic E-state index is 12.5. The molecule has 1 aromatic rings. The third-order valence-corrected chi connectivity index (χ3v) is 8.17. The standard InChI is InChI=1S/C29H44O6/c1-5-7-8-11-22(35-29(32)19(3)6-2)13-14-23-24-15-20-10-9-12-27(34-18-28(31)33-4)25(20)16-21(24)17-26(23)30/h9-10,12,19,21-24,26,30H,5-8,11,13-18H2,1-4H3. The fraction of sp³-hybridized carbons (Fsp3) is 0.724. The van der Waals surface area contributed by atoms with E-state index in [9.17, 15) is 14.7 Å². The maximum absolute atomic E-state index is 12.5. The van der Waals surface area contributed by atoms with E-state index in [2.05, 4.69) is 13.0 Å². The number of aliphatic hydroxyl groups is 1. The Bertz CT molecular complexity index is 836. The molecular formula is C29H44O6. The van der Waals surface area contributed by atoms with Gasteiger partial charge in [-0.1, -0.05) is 45.7 Å². The smallest absolute Gasteiger partial charge is 0.343 e. The molecule has 0 bridgehead atoms. The third-order valence-electron chi connectivity index (χ3n) is 8.17. The molecule has 1 N–H and O–H groups in total. The predicted octanol–water partition coefficient (Wildman–Crippen LogP) is 5.27. The Kier molecular flexibility index (Phi) is 10.4. The fourth-order valence-electron chi connectivity index (χ4n) is 5.84. The van der Waals surface area contributed by atoms with Gasteiger partial charge in [-0.3, -0.25) is 4.79 Å². The number of esters is 2. The number of hydrogen-bond donors (Lipinski definition) is 1. The highest BCUT2D eigenvalue weighted by atomic mass is 16.6. The van der Waals surface area contributed by atoms with Crippen molar-refractivity contribution in [3.8, 4) is 5.75 Å². The van der Waals surface area contributed by atoms with Gasteiger partial charge in [0.2, 0.25) is 0 Å². The minimum absolute atomic E-state index is 0.0662. The fourth-order valence-corrected chi connectivity index (χ4v) is 5.84. The summed E-state index contributed by atoms with van der Waals surface area (Å²) in [5.41, 5.74) is 2.40. The summed E-state index contributed by atoms with van der Waals surface area (Å²) in [6.45, 7) is 6.03. The molecule has 6 heteroatoms. The van der Waals surface area contributed by atoms with Crippen LogP contribution < -0.4 is 4.74 Å². The topological polar surface area (TPSA) is 82.1 Å². The largest absolute Gasteiger partial charge is 0.482 e. The Morgan fingerprint density at radius 1 is 1.14 bits per heavy atom. The number of carbonyl (C=O) groups is 2. The Morgan fingerprint density at radius 3 is 2.66 bits per heavy atom. The van der Waals surface area contributed by atoms with Crippen molar-refractivity contribution >= 4 is 11.9 Å². The summed E-state index contributed by atoms with van der Waals surface area (Å²) in [4.78, 5) is 24.0. The molecule has 0 amide bonds. The molecule has 0 heterocycles. The van der Waals surface area contributed by atoms with Crippen molar-refractivity contribution in [2.75, 3.05) is 13.7 Å². The number of carbonyl (C=O) groups excluding carboxylic acids is 2. The third kappa shape index (κ3) is 7.22. The maximum Gasteiger partial charge on any atom is 0.343 e. The van der Waals surface area contributed by atoms with Crippen LogP contribution in [0.2, 0.25) is 0 Å². The van der Waals surface area contributed by atoms with Gasteiger partial charge >= 0.3 is 11.9 Å². The first-order valence-corrected chi connectivity index (χ1v) is 13.6. The van der Waals surface area contributed by atoms with Crippen molar-refractivity contribution in [3.05, 3.63) is 29.3 Å². The van der Waals surface area contributed by atoms with Crippen LogP contribution in [0, 0.1) is 23.7 Å². The summed E-state index contributed by atoms with van der Waals surface area (Å²) in [6.07, 6.45) is 8.87. The van der Waals surface area contributed by atoms with Crippen LogP contribution in [0.1, 0.15) is 83.3 Å². The van der Waals surface area contributed by atoms with E-state index in [1.165, 1.54) is 12.7 Å². The van der Waals surface area contributed by atoms with E-state index in [1.807, 2.05) is 26.0 Å². The number of ether oxygens (including phenoxy) is 3. The van der Waals surface area contributed by atoms with Gasteiger partial charge in [-0.2, -0.15) is 0 Å². The molecule has 0 spiro atoms. The molecular weight excluding hydrogens is 444 g/mol. The number of fused-ring (bicyclic) bond motifs is 2. The SMILES string of the molecule is CCCCCC(CCC1C(O)CC2Cc3c(cccc3OCC(=O)OC)CC21)OC(=O)C(C)CC. The van der Waals surface area contributed by atoms with Crippen LogP contribution in [0.4, 0.5) is 0 Å². The lowest BCUT2D eigenvalue weighted by molar-refractivity contribution is -0.154. The molecule has 6 nitrogen and oxygen atoms in total. The second-order valence-corrected chi connectivity index (χ2v) is 10.5. The van der Waals surface area contributed by atoms with E-state index in [1.54, 1.807) is 0 Å². The Morgan fingerprint density at radius 2 is 1.94 bits per heavy atom. The number of unbranched alkanes of at least 4 members (excludes halogenated alkanes) is 2. The zero-order valence-corrected chi connectivity index (χ0v) is 22.0. The molecule has 1 fully saturated rings. The Balaban J connectivity index is 1.65. The molecule has 0 aliphatic heterocycles. The Labute approximate surface area is 210 Å². The van der Waals surface area contributed by atoms with E-state index in [-0.39, 0.29) is 36.6 Å². The van der Waals surface area contributed by atoms with Gasteiger partial charge in [0.1, 0.15) is 11.9 Å². The monoisotopic (exact) mass is 488 g/mol. The van der Waals surface area contributed by atoms with Gasteiger partial charge in [-0.25, -0.2) is 4.79 Å². The van der Waals surface area contributed by atoms with E-state index in [0.717, 1.165) is 75.5 Å². The number of benzene rings is 1. The van der Waals surface area contributed by atoms with Crippen LogP contribution in [-0.4, -0.2) is 43.0 Å². The molecule has 0 radical (unpaired) electrons. The normalized spacial score (nSPS) is 24.7. The summed E-state index contributed by atoms with van der Waals surface area (Å²) < 4.78 is 16.4. The average Bonchev–Trinajstić information content (AvgIpc) is 3.17. The van der Waals surface area contributed by atoms with Crippen LogP contribution in [0.5, 0.6) is 5.75 Å². The van der Waals surface area contributed by atoms with Crippen molar-refractivity contribution in [1.82, 2.24) is 0 Å². The summed E-state index contributed by atoms with van der Waals surface area (Å²) in [6, 6.07) is 6.03. The van der Waals surface area contributed by atoms with Gasteiger partial charge in [0, 0.05) is 0 Å². The number of methoxy groups -OCH3 is 1. The number of aliphatic hydroxyl groups excluding tert-OH is 1. The molecule has 196 valence electrons. The van der Waals surface area contributed by atoms with Gasteiger partial charge in [-0.05, 0) is 86.3 Å². The first-order valence-electron chi connectivity index (χ1n) is 13.6. The first-order chi connectivity index (χ1) is 16.9. The summed E-state index contributed by atoms with van der Waals surface area (Å²) in [5.74, 6) is 1.21. The lowest BCUT2D eigenvalue weighted by atomic mass is 9.73. The first kappa shape index (κ1) is 27.5. The number of rotatable bonds is 13. The van der Waals surface area contributed by atoms with Gasteiger partial charge in [0.05, 0.1) is 19.1 Å². The van der Waals surface area contributed by atoms with Crippen LogP contribution in [0.15, 0.2) is 18.2 Å². The zero-order valence-electron chi connectivity index (χ0n) is 22.0. The zero-order chi connectivity index (χ0) is 25.4. The number of hydrogen-bond acceptors (Lipinski definition) is 6. The van der Waals surface area contributed by atoms with Crippen molar-refractivity contribution in [3.63, 3.8) is 0 Å². The quantitative estimate of drug-likeness (QED) is 0.301. The lowest BCUT2D eigenvalue weighted by Gasteiger charge is -2.33. The van der Waals surface area contributed by atoms with Gasteiger partial charge in [-0.15, -0.1) is 0 Å². The van der Waals surface area contributed by atoms with Crippen molar-refractivity contribution in [1.29, 1.82) is 0 Å². The molecule has 6 atom stereocenters. The van der Waals surface area contributed by atoms with Crippen molar-refractivity contribution in [2.24, 2.45) is 23.7 Å². The van der Waals surface area contributed by atoms with Gasteiger partial charge in [0.15, 0.2) is 6.61 Å². The lowest BCUT2D eigenvalue weighted by Crippen LogP contribution is -2.29. The summed E-state index contributed by atoms with van der Waals surface area (Å²) >= 11 is 0. The molecule has 35 heavy (non-hydrogen) atoms. The van der Waals surface area contributed by atoms with Crippen LogP contribution in [0.25, 0.3) is 0 Å². The molecule has 2 aliphatic carbocycles. The predicted molar refractivity (Wildman–Crippen MR) is 135 cm³/mol. The molecule has 0 saturated heterocycles. The van der Waals surface area contributed by atoms with Gasteiger partial charge < -0.3 is 19.3 Å².